The number of para-hydroxylation sites is 1. The van der Waals surface area contributed by atoms with Crippen LogP contribution in [0.1, 0.15) is 44.2 Å². The molecule has 0 radical (unpaired) electrons. The zero-order chi connectivity index (χ0) is 23.8. The van der Waals surface area contributed by atoms with E-state index in [1.54, 1.807) is 10.7 Å². The maximum atomic E-state index is 13.5. The van der Waals surface area contributed by atoms with Crippen LogP contribution in [0.5, 0.6) is 0 Å². The fraction of sp³-hybridized carbons (Fsp3) is 0.179. The van der Waals surface area contributed by atoms with Crippen LogP contribution in [0.3, 0.4) is 0 Å². The molecule has 0 aliphatic carbocycles. The van der Waals surface area contributed by atoms with E-state index in [2.05, 4.69) is 10.6 Å². The van der Waals surface area contributed by atoms with E-state index in [-0.39, 0.29) is 17.7 Å². The predicted molar refractivity (Wildman–Crippen MR) is 132 cm³/mol. The van der Waals surface area contributed by atoms with Crippen molar-refractivity contribution in [2.24, 2.45) is 0 Å². The van der Waals surface area contributed by atoms with Crippen LogP contribution >= 0.6 is 0 Å². The molecular weight excluding hydrogens is 424 g/mol. The van der Waals surface area contributed by atoms with E-state index in [4.69, 9.17) is 5.10 Å². The van der Waals surface area contributed by atoms with Gasteiger partial charge >= 0.3 is 0 Å². The normalized spacial score (nSPS) is 17.1. The first-order valence-corrected chi connectivity index (χ1v) is 11.3. The zero-order valence-electron chi connectivity index (χ0n) is 19.4. The smallest absolute Gasteiger partial charge is 0.251 e. The van der Waals surface area contributed by atoms with Crippen LogP contribution in [0.2, 0.25) is 0 Å². The number of nitrogens with zero attached hydrogens (tertiary/aromatic N) is 2. The summed E-state index contributed by atoms with van der Waals surface area (Å²) in [6, 6.07) is 24.4. The van der Waals surface area contributed by atoms with Crippen LogP contribution in [0.15, 0.2) is 78.9 Å². The Labute approximate surface area is 198 Å². The second-order valence-corrected chi connectivity index (χ2v) is 8.79. The van der Waals surface area contributed by atoms with Crippen molar-refractivity contribution in [3.05, 3.63) is 112 Å². The Hall–Kier alpha value is -4.19. The highest BCUT2D eigenvalue weighted by Crippen LogP contribution is 2.40. The van der Waals surface area contributed by atoms with Gasteiger partial charge in [-0.3, -0.25) is 9.59 Å². The number of anilines is 1. The Balaban J connectivity index is 1.62. The summed E-state index contributed by atoms with van der Waals surface area (Å²) in [5.41, 5.74) is 6.16. The van der Waals surface area contributed by atoms with Crippen molar-refractivity contribution in [1.29, 1.82) is 0 Å². The molecule has 0 bridgehead atoms. The van der Waals surface area contributed by atoms with Crippen molar-refractivity contribution in [3.8, 4) is 5.69 Å². The number of rotatable bonds is 4. The van der Waals surface area contributed by atoms with Gasteiger partial charge in [0.15, 0.2) is 0 Å². The Kier molecular flexibility index (Phi) is 5.49. The van der Waals surface area contributed by atoms with Crippen molar-refractivity contribution < 1.29 is 9.59 Å². The number of nitrogens with one attached hydrogen (secondary N) is 2. The van der Waals surface area contributed by atoms with Crippen molar-refractivity contribution in [2.75, 3.05) is 5.32 Å². The molecule has 0 saturated carbocycles. The monoisotopic (exact) mass is 450 g/mol. The second kappa shape index (κ2) is 8.63. The van der Waals surface area contributed by atoms with E-state index in [0.717, 1.165) is 33.6 Å². The highest BCUT2D eigenvalue weighted by molar-refractivity contribution is 6.04. The molecule has 0 unspecified atom stereocenters. The van der Waals surface area contributed by atoms with E-state index < -0.39 is 6.04 Å². The first-order chi connectivity index (χ1) is 16.4. The molecule has 34 heavy (non-hydrogen) atoms. The fourth-order valence-corrected chi connectivity index (χ4v) is 4.59. The van der Waals surface area contributed by atoms with E-state index in [1.165, 1.54) is 0 Å². The summed E-state index contributed by atoms with van der Waals surface area (Å²) in [7, 11) is 0. The predicted octanol–water partition coefficient (Wildman–Crippen LogP) is 4.68. The van der Waals surface area contributed by atoms with Gasteiger partial charge in [0.1, 0.15) is 11.9 Å². The summed E-state index contributed by atoms with van der Waals surface area (Å²) in [6.07, 6.45) is 0. The molecule has 5 rings (SSSR count). The van der Waals surface area contributed by atoms with Crippen LogP contribution in [0, 0.1) is 20.8 Å². The van der Waals surface area contributed by atoms with Crippen LogP contribution in [-0.4, -0.2) is 27.6 Å². The molecule has 0 saturated heterocycles. The van der Waals surface area contributed by atoms with Gasteiger partial charge in [-0.05, 0) is 50.6 Å². The number of aryl methyl sites for hydroxylation is 3. The molecule has 6 nitrogen and oxygen atoms in total. The van der Waals surface area contributed by atoms with E-state index in [9.17, 15) is 9.59 Å². The molecule has 0 spiro atoms. The van der Waals surface area contributed by atoms with Crippen LogP contribution < -0.4 is 10.6 Å². The lowest BCUT2D eigenvalue weighted by molar-refractivity contribution is -0.118. The Morgan fingerprint density at radius 1 is 0.912 bits per heavy atom. The minimum absolute atomic E-state index is 0.267. The van der Waals surface area contributed by atoms with Gasteiger partial charge < -0.3 is 10.6 Å². The van der Waals surface area contributed by atoms with Gasteiger partial charge in [-0.1, -0.05) is 65.7 Å². The third-order valence-electron chi connectivity index (χ3n) is 6.28. The summed E-state index contributed by atoms with van der Waals surface area (Å²) < 4.78 is 1.77. The summed E-state index contributed by atoms with van der Waals surface area (Å²) in [5.74, 6) is -0.287. The molecule has 2 heterocycles. The molecule has 2 atom stereocenters. The third kappa shape index (κ3) is 3.88. The quantitative estimate of drug-likeness (QED) is 0.474. The van der Waals surface area contributed by atoms with Crippen molar-refractivity contribution in [3.63, 3.8) is 0 Å². The molecule has 6 heteroatoms. The van der Waals surface area contributed by atoms with Crippen molar-refractivity contribution in [2.45, 2.75) is 32.7 Å². The molecule has 0 fully saturated rings. The Morgan fingerprint density at radius 2 is 1.65 bits per heavy atom. The molecule has 1 aliphatic rings. The topological polar surface area (TPSA) is 76.0 Å². The molecule has 2 amide bonds. The molecule has 2 N–H and O–H groups in total. The molecule has 3 aromatic carbocycles. The highest BCUT2D eigenvalue weighted by Gasteiger charge is 2.41. The number of hydrogen-bond donors (Lipinski definition) is 2. The lowest BCUT2D eigenvalue weighted by atomic mass is 9.81. The SMILES string of the molecule is Cc1ccc([C@H]2c3c(C)nn(-c4ccccc4)c3NC(=O)[C@H]2NC(=O)c2cccc(C)c2)cc1. The zero-order valence-corrected chi connectivity index (χ0v) is 19.4. The minimum Gasteiger partial charge on any atom is -0.339 e. The Morgan fingerprint density at radius 3 is 2.35 bits per heavy atom. The van der Waals surface area contributed by atoms with E-state index in [0.29, 0.717) is 11.4 Å². The van der Waals surface area contributed by atoms with Crippen LogP contribution in [-0.2, 0) is 4.79 Å². The largest absolute Gasteiger partial charge is 0.339 e. The van der Waals surface area contributed by atoms with Crippen molar-refractivity contribution >= 4 is 17.6 Å². The minimum atomic E-state index is -0.782. The molecular formula is C28H26N4O2. The fourth-order valence-electron chi connectivity index (χ4n) is 4.59. The maximum Gasteiger partial charge on any atom is 0.251 e. The number of aromatic nitrogens is 2. The average molecular weight is 451 g/mol. The van der Waals surface area contributed by atoms with E-state index in [1.807, 2.05) is 93.6 Å². The van der Waals surface area contributed by atoms with Crippen LogP contribution in [0.25, 0.3) is 5.69 Å². The number of carbonyl (C=O) groups excluding carboxylic acids is 2. The maximum absolute atomic E-state index is 13.5. The number of hydrogen-bond acceptors (Lipinski definition) is 3. The lowest BCUT2D eigenvalue weighted by Crippen LogP contribution is -2.50. The summed E-state index contributed by atoms with van der Waals surface area (Å²) in [6.45, 7) is 5.90. The third-order valence-corrected chi connectivity index (χ3v) is 6.28. The summed E-state index contributed by atoms with van der Waals surface area (Å²) >= 11 is 0. The molecule has 1 aliphatic heterocycles. The van der Waals surface area contributed by atoms with Gasteiger partial charge in [0, 0.05) is 17.0 Å². The van der Waals surface area contributed by atoms with E-state index >= 15 is 0 Å². The van der Waals surface area contributed by atoms with Gasteiger partial charge in [0.2, 0.25) is 5.91 Å². The van der Waals surface area contributed by atoms with Gasteiger partial charge in [0.05, 0.1) is 11.4 Å². The summed E-state index contributed by atoms with van der Waals surface area (Å²) in [4.78, 5) is 26.6. The second-order valence-electron chi connectivity index (χ2n) is 8.79. The first-order valence-electron chi connectivity index (χ1n) is 11.3. The molecule has 1 aromatic heterocycles. The number of amides is 2. The highest BCUT2D eigenvalue weighted by atomic mass is 16.2. The molecule has 4 aromatic rings. The van der Waals surface area contributed by atoms with Crippen LogP contribution in [0.4, 0.5) is 5.82 Å². The summed E-state index contributed by atoms with van der Waals surface area (Å²) in [5, 5.41) is 10.8. The average Bonchev–Trinajstić information content (AvgIpc) is 3.16. The number of fused-ring (bicyclic) bond motifs is 1. The standard InChI is InChI=1S/C28H26N4O2/c1-17-12-14-20(15-13-17)24-23-19(3)31-32(22-10-5-4-6-11-22)26(23)30-28(34)25(24)29-27(33)21-9-7-8-18(2)16-21/h4-16,24-25H,1-3H3,(H,29,33)(H,30,34)/t24-,25-/m0/s1. The first kappa shape index (κ1) is 21.6. The number of carbonyl (C=O) groups is 2. The number of benzene rings is 3. The lowest BCUT2D eigenvalue weighted by Gasteiger charge is -2.33. The van der Waals surface area contributed by atoms with Gasteiger partial charge in [-0.15, -0.1) is 0 Å². The molecule has 170 valence electrons. The Bertz CT molecular complexity index is 1370. The van der Waals surface area contributed by atoms with Crippen molar-refractivity contribution in [1.82, 2.24) is 15.1 Å². The van der Waals surface area contributed by atoms with Gasteiger partial charge in [-0.25, -0.2) is 4.68 Å². The van der Waals surface area contributed by atoms with Gasteiger partial charge in [-0.2, -0.15) is 5.10 Å². The van der Waals surface area contributed by atoms with Gasteiger partial charge in [0.25, 0.3) is 5.91 Å².